The van der Waals surface area contributed by atoms with E-state index in [9.17, 15) is 19.5 Å². The maximum Gasteiger partial charge on any atom is 0.407 e. The average Bonchev–Trinajstić information content (AvgIpc) is 2.77. The first-order valence-electron chi connectivity index (χ1n) is 7.69. The number of alkyl halides is 1. The molecule has 0 saturated carbocycles. The molecule has 0 aromatic heterocycles. The molecule has 2 atom stereocenters. The van der Waals surface area contributed by atoms with Crippen molar-refractivity contribution >= 4 is 33.9 Å². The third-order valence-corrected chi connectivity index (χ3v) is 4.36. The van der Waals surface area contributed by atoms with E-state index >= 15 is 0 Å². The zero-order valence-corrected chi connectivity index (χ0v) is 15.4. The van der Waals surface area contributed by atoms with Gasteiger partial charge in [0.1, 0.15) is 11.6 Å². The normalized spacial score (nSPS) is 19.6. The minimum absolute atomic E-state index is 0.123. The number of rotatable bonds is 7. The van der Waals surface area contributed by atoms with Crippen LogP contribution in [0.2, 0.25) is 0 Å². The number of carboxylic acid groups (broad SMARTS) is 1. The third-order valence-electron chi connectivity index (χ3n) is 3.44. The maximum absolute atomic E-state index is 11.9. The number of hydrogen-bond donors (Lipinski definition) is 2. The predicted octanol–water partition coefficient (Wildman–Crippen LogP) is 1.99. The van der Waals surface area contributed by atoms with Gasteiger partial charge in [0.25, 0.3) is 0 Å². The number of nitrogens with one attached hydrogen (secondary N) is 1. The van der Waals surface area contributed by atoms with Crippen LogP contribution >= 0.6 is 15.9 Å². The first-order chi connectivity index (χ1) is 10.6. The van der Waals surface area contributed by atoms with E-state index in [0.717, 1.165) is 0 Å². The van der Waals surface area contributed by atoms with Gasteiger partial charge in [-0.3, -0.25) is 4.79 Å². The van der Waals surface area contributed by atoms with E-state index in [1.807, 2.05) is 0 Å². The van der Waals surface area contributed by atoms with Crippen molar-refractivity contribution in [1.29, 1.82) is 0 Å². The minimum atomic E-state index is -1.01. The fourth-order valence-corrected chi connectivity index (χ4v) is 2.86. The number of halogens is 1. The number of nitrogens with zero attached hydrogens (tertiary/aromatic N) is 1. The van der Waals surface area contributed by atoms with Gasteiger partial charge in [-0.25, -0.2) is 9.59 Å². The summed E-state index contributed by atoms with van der Waals surface area (Å²) in [7, 11) is 0. The summed E-state index contributed by atoms with van der Waals surface area (Å²) in [6.07, 6.45) is 0.608. The van der Waals surface area contributed by atoms with Gasteiger partial charge in [-0.1, -0.05) is 15.9 Å². The van der Waals surface area contributed by atoms with E-state index in [-0.39, 0.29) is 11.8 Å². The van der Waals surface area contributed by atoms with Gasteiger partial charge in [0.15, 0.2) is 0 Å². The van der Waals surface area contributed by atoms with Crippen molar-refractivity contribution in [2.24, 2.45) is 5.92 Å². The van der Waals surface area contributed by atoms with Crippen LogP contribution in [0.4, 0.5) is 4.79 Å². The van der Waals surface area contributed by atoms with Crippen LogP contribution in [-0.4, -0.2) is 58.0 Å². The summed E-state index contributed by atoms with van der Waals surface area (Å²) in [4.78, 5) is 36.3. The lowest BCUT2D eigenvalue weighted by Crippen LogP contribution is -2.43. The van der Waals surface area contributed by atoms with E-state index in [0.29, 0.717) is 37.7 Å². The van der Waals surface area contributed by atoms with E-state index in [4.69, 9.17) is 4.74 Å². The lowest BCUT2D eigenvalue weighted by Gasteiger charge is -2.25. The lowest BCUT2D eigenvalue weighted by atomic mass is 10.1. The number of aliphatic carboxylic acids is 1. The van der Waals surface area contributed by atoms with Crippen LogP contribution < -0.4 is 5.32 Å². The van der Waals surface area contributed by atoms with Crippen molar-refractivity contribution in [3.63, 3.8) is 0 Å². The first kappa shape index (κ1) is 19.7. The molecule has 23 heavy (non-hydrogen) atoms. The molecule has 2 N–H and O–H groups in total. The summed E-state index contributed by atoms with van der Waals surface area (Å²) < 4.78 is 5.10. The van der Waals surface area contributed by atoms with Gasteiger partial charge in [0.2, 0.25) is 5.91 Å². The summed E-state index contributed by atoms with van der Waals surface area (Å²) in [6.45, 7) is 6.08. The van der Waals surface area contributed by atoms with Crippen LogP contribution in [0.3, 0.4) is 0 Å². The predicted molar refractivity (Wildman–Crippen MR) is 88.5 cm³/mol. The Morgan fingerprint density at radius 2 is 2.13 bits per heavy atom. The van der Waals surface area contributed by atoms with Crippen molar-refractivity contribution in [2.75, 3.05) is 18.4 Å². The highest BCUT2D eigenvalue weighted by molar-refractivity contribution is 9.09. The van der Waals surface area contributed by atoms with Crippen LogP contribution in [0, 0.1) is 5.92 Å². The van der Waals surface area contributed by atoms with Gasteiger partial charge in [-0.15, -0.1) is 0 Å². The molecule has 1 heterocycles. The number of amides is 2. The molecule has 7 nitrogen and oxygen atoms in total. The number of carboxylic acids is 1. The second-order valence-corrected chi connectivity index (χ2v) is 7.34. The average molecular weight is 393 g/mol. The zero-order valence-electron chi connectivity index (χ0n) is 13.8. The number of hydrogen-bond acceptors (Lipinski definition) is 4. The second-order valence-electron chi connectivity index (χ2n) is 6.70. The molecule has 0 aliphatic carbocycles. The van der Waals surface area contributed by atoms with Crippen LogP contribution in [0.1, 0.15) is 40.0 Å². The van der Waals surface area contributed by atoms with Crippen molar-refractivity contribution in [3.8, 4) is 0 Å². The molecule has 1 saturated heterocycles. The lowest BCUT2D eigenvalue weighted by molar-refractivity contribution is -0.148. The monoisotopic (exact) mass is 392 g/mol. The highest BCUT2D eigenvalue weighted by Crippen LogP contribution is 2.23. The standard InChI is InChI=1S/C15H25BrN2O5/c1-15(2,3)23-14(22)17-6-4-5-11(13(20)21)18-9-10(8-16)7-12(18)19/h10-11H,4-9H2,1-3H3,(H,17,22)(H,20,21)/t10?,11-/m0/s1. The molecule has 0 radical (unpaired) electrons. The molecular formula is C15H25BrN2O5. The van der Waals surface area contributed by atoms with Gasteiger partial charge in [-0.05, 0) is 39.5 Å². The summed E-state index contributed by atoms with van der Waals surface area (Å²) in [5.41, 5.74) is -0.569. The van der Waals surface area contributed by atoms with Crippen LogP contribution in [0.15, 0.2) is 0 Å². The Balaban J connectivity index is 2.42. The Hall–Kier alpha value is -1.31. The molecule has 0 aromatic rings. The molecule has 2 amide bonds. The van der Waals surface area contributed by atoms with E-state index < -0.39 is 23.7 Å². The fraction of sp³-hybridized carbons (Fsp3) is 0.800. The summed E-state index contributed by atoms with van der Waals surface area (Å²) >= 11 is 3.33. The molecule has 1 fully saturated rings. The summed E-state index contributed by atoms with van der Waals surface area (Å²) in [5.74, 6) is -0.975. The Kier molecular flexibility index (Phi) is 7.31. The smallest absolute Gasteiger partial charge is 0.407 e. The molecule has 1 unspecified atom stereocenters. The number of ether oxygens (including phenoxy) is 1. The van der Waals surface area contributed by atoms with Crippen molar-refractivity contribution in [3.05, 3.63) is 0 Å². The van der Waals surface area contributed by atoms with Crippen molar-refractivity contribution < 1.29 is 24.2 Å². The first-order valence-corrected chi connectivity index (χ1v) is 8.81. The Labute approximate surface area is 144 Å². The Morgan fingerprint density at radius 1 is 1.48 bits per heavy atom. The number of likely N-dealkylation sites (tertiary alicyclic amines) is 1. The summed E-state index contributed by atoms with van der Waals surface area (Å²) in [5, 5.41) is 12.6. The van der Waals surface area contributed by atoms with Gasteiger partial charge in [-0.2, -0.15) is 0 Å². The van der Waals surface area contributed by atoms with Gasteiger partial charge in [0.05, 0.1) is 0 Å². The topological polar surface area (TPSA) is 95.9 Å². The number of carbonyl (C=O) groups is 3. The van der Waals surface area contributed by atoms with Crippen molar-refractivity contribution in [1.82, 2.24) is 10.2 Å². The molecule has 0 aromatic carbocycles. The van der Waals surface area contributed by atoms with Crippen LogP contribution in [0.5, 0.6) is 0 Å². The van der Waals surface area contributed by atoms with E-state index in [2.05, 4.69) is 21.2 Å². The molecule has 0 spiro atoms. The quantitative estimate of drug-likeness (QED) is 0.510. The molecule has 1 aliphatic rings. The minimum Gasteiger partial charge on any atom is -0.480 e. The Morgan fingerprint density at radius 3 is 2.61 bits per heavy atom. The van der Waals surface area contributed by atoms with Gasteiger partial charge < -0.3 is 20.1 Å². The fourth-order valence-electron chi connectivity index (χ4n) is 2.43. The molecule has 1 rings (SSSR count). The summed E-state index contributed by atoms with van der Waals surface area (Å²) in [6, 6.07) is -0.841. The van der Waals surface area contributed by atoms with Gasteiger partial charge in [0, 0.05) is 24.8 Å². The number of carbonyl (C=O) groups excluding carboxylic acids is 2. The second kappa shape index (κ2) is 8.52. The highest BCUT2D eigenvalue weighted by Gasteiger charge is 2.36. The van der Waals surface area contributed by atoms with E-state index in [1.54, 1.807) is 20.8 Å². The van der Waals surface area contributed by atoms with Crippen molar-refractivity contribution in [2.45, 2.75) is 51.7 Å². The van der Waals surface area contributed by atoms with Crippen LogP contribution in [0.25, 0.3) is 0 Å². The molecule has 132 valence electrons. The largest absolute Gasteiger partial charge is 0.480 e. The van der Waals surface area contributed by atoms with Crippen LogP contribution in [-0.2, 0) is 14.3 Å². The highest BCUT2D eigenvalue weighted by atomic mass is 79.9. The maximum atomic E-state index is 11.9. The molecule has 0 bridgehead atoms. The van der Waals surface area contributed by atoms with Gasteiger partial charge >= 0.3 is 12.1 Å². The number of alkyl carbamates (subject to hydrolysis) is 1. The van der Waals surface area contributed by atoms with E-state index in [1.165, 1.54) is 4.90 Å². The molecule has 8 heteroatoms. The Bertz CT molecular complexity index is 450. The third kappa shape index (κ3) is 6.76. The molecular weight excluding hydrogens is 368 g/mol. The SMILES string of the molecule is CC(C)(C)OC(=O)NCCC[C@@H](C(=O)O)N1CC(CBr)CC1=O. The molecule has 1 aliphatic heterocycles. The zero-order chi connectivity index (χ0) is 17.6.